The third-order valence-electron chi connectivity index (χ3n) is 2.56. The third kappa shape index (κ3) is 3.58. The van der Waals surface area contributed by atoms with Crippen LogP contribution in [0.3, 0.4) is 0 Å². The fraction of sp³-hybridized carbons (Fsp3) is 0.545. The summed E-state index contributed by atoms with van der Waals surface area (Å²) in [5, 5.41) is 12.6. The molecule has 0 spiro atoms. The van der Waals surface area contributed by atoms with Crippen molar-refractivity contribution in [2.45, 2.75) is 19.8 Å². The SMILES string of the molecule is Cc1cc(C(=O)N(C)CCCC(=O)O)nn1C. The highest BCUT2D eigenvalue weighted by Crippen LogP contribution is 2.05. The van der Waals surface area contributed by atoms with Crippen LogP contribution in [0.1, 0.15) is 29.0 Å². The van der Waals surface area contributed by atoms with E-state index < -0.39 is 5.97 Å². The van der Waals surface area contributed by atoms with Gasteiger partial charge < -0.3 is 10.0 Å². The molecular weight excluding hydrogens is 222 g/mol. The van der Waals surface area contributed by atoms with Crippen molar-refractivity contribution >= 4 is 11.9 Å². The first kappa shape index (κ1) is 13.2. The van der Waals surface area contributed by atoms with Crippen molar-refractivity contribution < 1.29 is 14.7 Å². The van der Waals surface area contributed by atoms with Gasteiger partial charge in [-0.15, -0.1) is 0 Å². The van der Waals surface area contributed by atoms with Crippen LogP contribution in [0.15, 0.2) is 6.07 Å². The molecule has 6 heteroatoms. The number of carbonyl (C=O) groups is 2. The molecule has 0 saturated heterocycles. The maximum Gasteiger partial charge on any atom is 0.303 e. The molecule has 1 amide bonds. The summed E-state index contributed by atoms with van der Waals surface area (Å²) in [5.74, 6) is -1.03. The molecule has 0 radical (unpaired) electrons. The van der Waals surface area contributed by atoms with Gasteiger partial charge in [0.25, 0.3) is 5.91 Å². The zero-order chi connectivity index (χ0) is 13.0. The second-order valence-electron chi connectivity index (χ2n) is 4.02. The highest BCUT2D eigenvalue weighted by molar-refractivity contribution is 5.92. The summed E-state index contributed by atoms with van der Waals surface area (Å²) in [6.45, 7) is 2.29. The molecule has 0 aliphatic rings. The second kappa shape index (κ2) is 5.47. The lowest BCUT2D eigenvalue weighted by atomic mass is 10.3. The minimum Gasteiger partial charge on any atom is -0.481 e. The van der Waals surface area contributed by atoms with Gasteiger partial charge in [0.1, 0.15) is 0 Å². The molecule has 0 aliphatic carbocycles. The predicted molar refractivity (Wildman–Crippen MR) is 61.8 cm³/mol. The van der Waals surface area contributed by atoms with Crippen molar-refractivity contribution in [2.24, 2.45) is 7.05 Å². The van der Waals surface area contributed by atoms with Gasteiger partial charge in [-0.05, 0) is 19.4 Å². The van der Waals surface area contributed by atoms with Gasteiger partial charge in [-0.1, -0.05) is 0 Å². The van der Waals surface area contributed by atoms with Crippen molar-refractivity contribution in [3.63, 3.8) is 0 Å². The lowest BCUT2D eigenvalue weighted by molar-refractivity contribution is -0.137. The molecule has 1 aromatic heterocycles. The van der Waals surface area contributed by atoms with E-state index in [1.165, 1.54) is 4.90 Å². The van der Waals surface area contributed by atoms with Gasteiger partial charge in [0.05, 0.1) is 0 Å². The van der Waals surface area contributed by atoms with E-state index in [0.29, 0.717) is 18.7 Å². The van der Waals surface area contributed by atoms with Crippen LogP contribution in [-0.4, -0.2) is 45.3 Å². The molecule has 0 unspecified atom stereocenters. The quantitative estimate of drug-likeness (QED) is 0.819. The number of amides is 1. The Balaban J connectivity index is 2.54. The molecule has 1 heterocycles. The Morgan fingerprint density at radius 3 is 2.65 bits per heavy atom. The smallest absolute Gasteiger partial charge is 0.303 e. The molecule has 0 atom stereocenters. The molecule has 1 aromatic rings. The van der Waals surface area contributed by atoms with Crippen LogP contribution in [0.4, 0.5) is 0 Å². The minimum atomic E-state index is -0.848. The summed E-state index contributed by atoms with van der Waals surface area (Å²) in [4.78, 5) is 23.7. The predicted octanol–water partition coefficient (Wildman–Crippen LogP) is 0.665. The van der Waals surface area contributed by atoms with Crippen molar-refractivity contribution in [3.8, 4) is 0 Å². The number of carboxylic acid groups (broad SMARTS) is 1. The monoisotopic (exact) mass is 239 g/mol. The maximum absolute atomic E-state index is 11.9. The molecular formula is C11H17N3O3. The molecule has 0 fully saturated rings. The zero-order valence-corrected chi connectivity index (χ0v) is 10.3. The minimum absolute atomic E-state index is 0.0683. The summed E-state index contributed by atoms with van der Waals surface area (Å²) in [5.41, 5.74) is 1.30. The van der Waals surface area contributed by atoms with E-state index in [4.69, 9.17) is 5.11 Å². The molecule has 0 saturated carbocycles. The van der Waals surface area contributed by atoms with Gasteiger partial charge in [0.2, 0.25) is 0 Å². The Hall–Kier alpha value is -1.85. The van der Waals surface area contributed by atoms with Gasteiger partial charge in [0.15, 0.2) is 5.69 Å². The number of aromatic nitrogens is 2. The molecule has 0 aromatic carbocycles. The lowest BCUT2D eigenvalue weighted by Crippen LogP contribution is -2.28. The van der Waals surface area contributed by atoms with E-state index in [-0.39, 0.29) is 12.3 Å². The number of hydrogen-bond donors (Lipinski definition) is 1. The molecule has 1 rings (SSSR count). The largest absolute Gasteiger partial charge is 0.481 e. The van der Waals surface area contributed by atoms with E-state index in [1.807, 2.05) is 6.92 Å². The van der Waals surface area contributed by atoms with Gasteiger partial charge in [-0.2, -0.15) is 5.10 Å². The van der Waals surface area contributed by atoms with Gasteiger partial charge in [0, 0.05) is 32.8 Å². The molecule has 0 bridgehead atoms. The standard InChI is InChI=1S/C11H17N3O3/c1-8-7-9(12-14(8)3)11(17)13(2)6-4-5-10(15)16/h7H,4-6H2,1-3H3,(H,15,16). The average Bonchev–Trinajstić information content (AvgIpc) is 2.57. The van der Waals surface area contributed by atoms with Crippen molar-refractivity contribution in [3.05, 3.63) is 17.5 Å². The Kier molecular flexibility index (Phi) is 4.25. The van der Waals surface area contributed by atoms with Crippen LogP contribution < -0.4 is 0 Å². The first-order valence-corrected chi connectivity index (χ1v) is 5.39. The van der Waals surface area contributed by atoms with Crippen LogP contribution in [0.5, 0.6) is 0 Å². The van der Waals surface area contributed by atoms with Gasteiger partial charge in [-0.25, -0.2) is 0 Å². The summed E-state index contributed by atoms with van der Waals surface area (Å²) in [6.07, 6.45) is 0.516. The molecule has 6 nitrogen and oxygen atoms in total. The number of carboxylic acids is 1. The fourth-order valence-electron chi connectivity index (χ4n) is 1.43. The number of aryl methyl sites for hydroxylation is 2. The van der Waals surface area contributed by atoms with Gasteiger partial charge in [-0.3, -0.25) is 14.3 Å². The Morgan fingerprint density at radius 2 is 2.18 bits per heavy atom. The first-order valence-electron chi connectivity index (χ1n) is 5.39. The van der Waals surface area contributed by atoms with E-state index in [9.17, 15) is 9.59 Å². The number of carbonyl (C=O) groups excluding carboxylic acids is 1. The van der Waals surface area contributed by atoms with Crippen LogP contribution in [0.2, 0.25) is 0 Å². The first-order chi connectivity index (χ1) is 7.91. The Morgan fingerprint density at radius 1 is 1.53 bits per heavy atom. The third-order valence-corrected chi connectivity index (χ3v) is 2.56. The second-order valence-corrected chi connectivity index (χ2v) is 4.02. The van der Waals surface area contributed by atoms with E-state index in [0.717, 1.165) is 5.69 Å². The molecule has 94 valence electrons. The maximum atomic E-state index is 11.9. The van der Waals surface area contributed by atoms with Gasteiger partial charge >= 0.3 is 5.97 Å². The van der Waals surface area contributed by atoms with Crippen molar-refractivity contribution in [1.29, 1.82) is 0 Å². The normalized spacial score (nSPS) is 10.3. The summed E-state index contributed by atoms with van der Waals surface area (Å²) in [7, 11) is 3.42. The summed E-state index contributed by atoms with van der Waals surface area (Å²) in [6, 6.07) is 1.72. The fourth-order valence-corrected chi connectivity index (χ4v) is 1.43. The van der Waals surface area contributed by atoms with Crippen LogP contribution in [0.25, 0.3) is 0 Å². The number of aliphatic carboxylic acids is 1. The number of rotatable bonds is 5. The number of nitrogens with zero attached hydrogens (tertiary/aromatic N) is 3. The number of hydrogen-bond acceptors (Lipinski definition) is 3. The Labute approximate surface area is 99.8 Å². The van der Waals surface area contributed by atoms with Crippen LogP contribution in [0, 0.1) is 6.92 Å². The van der Waals surface area contributed by atoms with Crippen LogP contribution in [-0.2, 0) is 11.8 Å². The summed E-state index contributed by atoms with van der Waals surface area (Å²) >= 11 is 0. The lowest BCUT2D eigenvalue weighted by Gasteiger charge is -2.14. The zero-order valence-electron chi connectivity index (χ0n) is 10.3. The molecule has 17 heavy (non-hydrogen) atoms. The van der Waals surface area contributed by atoms with Crippen molar-refractivity contribution in [2.75, 3.05) is 13.6 Å². The van der Waals surface area contributed by atoms with E-state index in [1.54, 1.807) is 24.8 Å². The molecule has 1 N–H and O–H groups in total. The van der Waals surface area contributed by atoms with Crippen molar-refractivity contribution in [1.82, 2.24) is 14.7 Å². The highest BCUT2D eigenvalue weighted by atomic mass is 16.4. The van der Waals surface area contributed by atoms with E-state index >= 15 is 0 Å². The summed E-state index contributed by atoms with van der Waals surface area (Å²) < 4.78 is 1.64. The average molecular weight is 239 g/mol. The van der Waals surface area contributed by atoms with E-state index in [2.05, 4.69) is 5.10 Å². The van der Waals surface area contributed by atoms with Crippen LogP contribution >= 0.6 is 0 Å². The highest BCUT2D eigenvalue weighted by Gasteiger charge is 2.15. The molecule has 0 aliphatic heterocycles. The Bertz CT molecular complexity index is 406. The topological polar surface area (TPSA) is 75.4 Å².